The van der Waals surface area contributed by atoms with Crippen LogP contribution in [0.4, 0.5) is 5.69 Å². The van der Waals surface area contributed by atoms with E-state index in [0.29, 0.717) is 12.5 Å². The molecule has 2 aromatic rings. The van der Waals surface area contributed by atoms with Crippen molar-refractivity contribution in [1.29, 1.82) is 0 Å². The summed E-state index contributed by atoms with van der Waals surface area (Å²) in [5, 5.41) is 4.42. The fourth-order valence-electron chi connectivity index (χ4n) is 2.62. The Morgan fingerprint density at radius 3 is 2.85 bits per heavy atom. The van der Waals surface area contributed by atoms with Crippen LogP contribution in [0.15, 0.2) is 39.9 Å². The summed E-state index contributed by atoms with van der Waals surface area (Å²) in [6, 6.07) is 8.19. The van der Waals surface area contributed by atoms with E-state index in [0.717, 1.165) is 21.4 Å². The fraction of sp³-hybridized carbons (Fsp3) is 0.286. The van der Waals surface area contributed by atoms with Crippen LogP contribution in [0.5, 0.6) is 0 Å². The molecule has 1 atom stereocenters. The number of hydrogen-bond donors (Lipinski definition) is 1. The van der Waals surface area contributed by atoms with Gasteiger partial charge in [0.15, 0.2) is 5.96 Å². The minimum absolute atomic E-state index is 0.109. The molecular weight excluding hydrogens is 318 g/mol. The molecule has 1 aliphatic heterocycles. The highest BCUT2D eigenvalue weighted by atomic mass is 79.9. The summed E-state index contributed by atoms with van der Waals surface area (Å²) in [5.74, 6) is 0.552. The molecule has 20 heavy (non-hydrogen) atoms. The van der Waals surface area contributed by atoms with Crippen molar-refractivity contribution in [3.8, 4) is 0 Å². The summed E-state index contributed by atoms with van der Waals surface area (Å²) in [5.41, 5.74) is 9.29. The van der Waals surface area contributed by atoms with Gasteiger partial charge in [0.2, 0.25) is 0 Å². The second kappa shape index (κ2) is 4.94. The van der Waals surface area contributed by atoms with Gasteiger partial charge in [-0.05, 0) is 25.1 Å². The first-order chi connectivity index (χ1) is 9.56. The molecule has 0 radical (unpaired) electrons. The molecule has 0 bridgehead atoms. The lowest BCUT2D eigenvalue weighted by Crippen LogP contribution is -2.36. The van der Waals surface area contributed by atoms with Crippen LogP contribution in [0.25, 0.3) is 0 Å². The van der Waals surface area contributed by atoms with E-state index in [1.54, 1.807) is 0 Å². The molecular formula is C14H16BrN5. The number of aliphatic imine (C=N–C) groups is 1. The maximum absolute atomic E-state index is 6.08. The summed E-state index contributed by atoms with van der Waals surface area (Å²) in [6.45, 7) is 2.67. The molecule has 2 N–H and O–H groups in total. The van der Waals surface area contributed by atoms with E-state index >= 15 is 0 Å². The van der Waals surface area contributed by atoms with Crippen LogP contribution < -0.4 is 10.6 Å². The molecule has 0 spiro atoms. The van der Waals surface area contributed by atoms with E-state index in [9.17, 15) is 0 Å². The lowest BCUT2D eigenvalue weighted by molar-refractivity contribution is 0.751. The molecule has 0 fully saturated rings. The Morgan fingerprint density at radius 2 is 2.20 bits per heavy atom. The maximum Gasteiger partial charge on any atom is 0.196 e. The first kappa shape index (κ1) is 13.2. The third-order valence-corrected chi connectivity index (χ3v) is 3.97. The van der Waals surface area contributed by atoms with Crippen molar-refractivity contribution < 1.29 is 0 Å². The summed E-state index contributed by atoms with van der Waals surface area (Å²) in [7, 11) is 1.93. The van der Waals surface area contributed by atoms with Crippen LogP contribution in [-0.4, -0.2) is 22.3 Å². The Hall–Kier alpha value is -1.82. The number of aryl methyl sites for hydroxylation is 2. The third-order valence-electron chi connectivity index (χ3n) is 3.48. The molecule has 6 heteroatoms. The van der Waals surface area contributed by atoms with Crippen molar-refractivity contribution in [1.82, 2.24) is 9.78 Å². The van der Waals surface area contributed by atoms with Crippen molar-refractivity contribution in [2.45, 2.75) is 13.0 Å². The molecule has 1 aromatic carbocycles. The van der Waals surface area contributed by atoms with Gasteiger partial charge in [-0.2, -0.15) is 5.10 Å². The Balaban J connectivity index is 2.02. The zero-order valence-corrected chi connectivity index (χ0v) is 13.0. The Bertz CT molecular complexity index is 676. The van der Waals surface area contributed by atoms with Gasteiger partial charge in [0.1, 0.15) is 0 Å². The van der Waals surface area contributed by atoms with E-state index in [4.69, 9.17) is 5.73 Å². The van der Waals surface area contributed by atoms with Gasteiger partial charge in [-0.3, -0.25) is 9.67 Å². The van der Waals surface area contributed by atoms with Gasteiger partial charge in [0.05, 0.1) is 18.3 Å². The SMILES string of the molecule is Cc1nn(C)cc1C1CN=C(N)N1c1cccc(Br)c1. The van der Waals surface area contributed by atoms with E-state index in [1.807, 2.05) is 49.1 Å². The van der Waals surface area contributed by atoms with Crippen molar-refractivity contribution >= 4 is 27.6 Å². The number of guanidine groups is 1. The van der Waals surface area contributed by atoms with E-state index in [-0.39, 0.29) is 6.04 Å². The molecule has 1 aliphatic rings. The van der Waals surface area contributed by atoms with Gasteiger partial charge in [0, 0.05) is 29.0 Å². The number of aromatic nitrogens is 2. The number of rotatable bonds is 2. The quantitative estimate of drug-likeness (QED) is 0.917. The molecule has 0 saturated carbocycles. The molecule has 1 aromatic heterocycles. The van der Waals surface area contributed by atoms with E-state index < -0.39 is 0 Å². The lowest BCUT2D eigenvalue weighted by atomic mass is 10.1. The number of nitrogens with two attached hydrogens (primary N) is 1. The topological polar surface area (TPSA) is 59.4 Å². The van der Waals surface area contributed by atoms with Crippen molar-refractivity contribution in [3.63, 3.8) is 0 Å². The molecule has 3 rings (SSSR count). The van der Waals surface area contributed by atoms with Crippen LogP contribution in [0, 0.1) is 6.92 Å². The largest absolute Gasteiger partial charge is 0.369 e. The predicted octanol–water partition coefficient (Wildman–Crippen LogP) is 2.37. The second-order valence-corrected chi connectivity index (χ2v) is 5.82. The summed E-state index contributed by atoms with van der Waals surface area (Å²) < 4.78 is 2.86. The minimum atomic E-state index is 0.109. The summed E-state index contributed by atoms with van der Waals surface area (Å²) >= 11 is 3.50. The van der Waals surface area contributed by atoms with Gasteiger partial charge in [-0.25, -0.2) is 0 Å². The standard InChI is InChI=1S/C14H16BrN5/c1-9-12(8-19(2)18-9)13-7-17-14(16)20(13)11-5-3-4-10(15)6-11/h3-6,8,13H,7H2,1-2H3,(H2,16,17). The molecule has 0 amide bonds. The van der Waals surface area contributed by atoms with Crippen molar-refractivity contribution in [3.05, 3.63) is 46.2 Å². The zero-order valence-electron chi connectivity index (χ0n) is 11.4. The molecule has 5 nitrogen and oxygen atoms in total. The third kappa shape index (κ3) is 2.20. The molecule has 0 saturated heterocycles. The number of nitrogens with zero attached hydrogens (tertiary/aromatic N) is 4. The fourth-order valence-corrected chi connectivity index (χ4v) is 3.01. The summed E-state index contributed by atoms with van der Waals surface area (Å²) in [6.07, 6.45) is 2.04. The van der Waals surface area contributed by atoms with Crippen LogP contribution in [0.1, 0.15) is 17.3 Å². The number of benzene rings is 1. The van der Waals surface area contributed by atoms with Gasteiger partial charge >= 0.3 is 0 Å². The van der Waals surface area contributed by atoms with Gasteiger partial charge in [-0.15, -0.1) is 0 Å². The highest BCUT2D eigenvalue weighted by Gasteiger charge is 2.31. The number of halogens is 1. The van der Waals surface area contributed by atoms with Gasteiger partial charge in [-0.1, -0.05) is 22.0 Å². The second-order valence-electron chi connectivity index (χ2n) is 4.91. The summed E-state index contributed by atoms with van der Waals surface area (Å²) in [4.78, 5) is 6.46. The number of anilines is 1. The van der Waals surface area contributed by atoms with E-state index in [2.05, 4.69) is 30.9 Å². The predicted molar refractivity (Wildman–Crippen MR) is 83.8 cm³/mol. The number of hydrogen-bond acceptors (Lipinski definition) is 4. The smallest absolute Gasteiger partial charge is 0.196 e. The zero-order chi connectivity index (χ0) is 14.3. The first-order valence-corrected chi connectivity index (χ1v) is 7.20. The molecule has 104 valence electrons. The van der Waals surface area contributed by atoms with Crippen molar-refractivity contribution in [2.24, 2.45) is 17.8 Å². The Morgan fingerprint density at radius 1 is 1.40 bits per heavy atom. The normalized spacial score (nSPS) is 18.4. The van der Waals surface area contributed by atoms with Crippen LogP contribution in [0.3, 0.4) is 0 Å². The van der Waals surface area contributed by atoms with Gasteiger partial charge < -0.3 is 10.6 Å². The highest BCUT2D eigenvalue weighted by Crippen LogP contribution is 2.33. The first-order valence-electron chi connectivity index (χ1n) is 6.41. The van der Waals surface area contributed by atoms with Crippen molar-refractivity contribution in [2.75, 3.05) is 11.4 Å². The van der Waals surface area contributed by atoms with E-state index in [1.165, 1.54) is 0 Å². The van der Waals surface area contributed by atoms with Crippen LogP contribution >= 0.6 is 15.9 Å². The highest BCUT2D eigenvalue weighted by molar-refractivity contribution is 9.10. The molecule has 1 unspecified atom stereocenters. The Labute approximate surface area is 126 Å². The monoisotopic (exact) mass is 333 g/mol. The average molecular weight is 334 g/mol. The minimum Gasteiger partial charge on any atom is -0.369 e. The molecule has 0 aliphatic carbocycles. The van der Waals surface area contributed by atoms with Gasteiger partial charge in [0.25, 0.3) is 0 Å². The molecule has 2 heterocycles. The Kier molecular flexibility index (Phi) is 3.25. The van der Waals surface area contributed by atoms with Crippen LogP contribution in [0.2, 0.25) is 0 Å². The van der Waals surface area contributed by atoms with Crippen LogP contribution in [-0.2, 0) is 7.05 Å². The average Bonchev–Trinajstić information content (AvgIpc) is 2.92. The maximum atomic E-state index is 6.08. The lowest BCUT2D eigenvalue weighted by Gasteiger charge is -2.26.